The molecule has 0 saturated heterocycles. The van der Waals surface area contributed by atoms with Gasteiger partial charge in [-0.2, -0.15) is 0 Å². The van der Waals surface area contributed by atoms with Crippen LogP contribution in [0.5, 0.6) is 0 Å². The van der Waals surface area contributed by atoms with Gasteiger partial charge in [0.05, 0.1) is 0 Å². The smallest absolute Gasteiger partial charge is 0.326 e. The van der Waals surface area contributed by atoms with Crippen LogP contribution in [-0.4, -0.2) is 29.6 Å². The van der Waals surface area contributed by atoms with Crippen LogP contribution >= 0.6 is 0 Å². The molecule has 1 amide bonds. The minimum atomic E-state index is -0.998. The molecule has 0 bridgehead atoms. The van der Waals surface area contributed by atoms with Crippen molar-refractivity contribution in [2.75, 3.05) is 6.54 Å². The average Bonchev–Trinajstić information content (AvgIpc) is 2.43. The average molecular weight is 262 g/mol. The van der Waals surface area contributed by atoms with E-state index in [1.165, 1.54) is 0 Å². The summed E-state index contributed by atoms with van der Waals surface area (Å²) in [5.74, 6) is -1.30. The number of rotatable bonds is 4. The Morgan fingerprint density at radius 1 is 1.47 bits per heavy atom. The number of amides is 1. The fourth-order valence-electron chi connectivity index (χ4n) is 2.32. The van der Waals surface area contributed by atoms with E-state index in [4.69, 9.17) is 5.11 Å². The lowest BCUT2D eigenvalue weighted by Crippen LogP contribution is -2.41. The van der Waals surface area contributed by atoms with Crippen molar-refractivity contribution in [3.8, 4) is 0 Å². The van der Waals surface area contributed by atoms with Crippen LogP contribution in [0.2, 0.25) is 0 Å². The van der Waals surface area contributed by atoms with E-state index in [0.717, 1.165) is 30.6 Å². The van der Waals surface area contributed by atoms with E-state index >= 15 is 0 Å². The highest BCUT2D eigenvalue weighted by atomic mass is 16.4. The van der Waals surface area contributed by atoms with Gasteiger partial charge in [-0.05, 0) is 36.6 Å². The third-order valence-corrected chi connectivity index (χ3v) is 3.40. The molecule has 0 unspecified atom stereocenters. The van der Waals surface area contributed by atoms with E-state index in [-0.39, 0.29) is 5.91 Å². The summed E-state index contributed by atoms with van der Waals surface area (Å²) in [6.07, 6.45) is 1.17. The lowest BCUT2D eigenvalue weighted by molar-refractivity contribution is -0.139. The summed E-state index contributed by atoms with van der Waals surface area (Å²) < 4.78 is 0. The van der Waals surface area contributed by atoms with Gasteiger partial charge in [-0.25, -0.2) is 4.79 Å². The van der Waals surface area contributed by atoms with Gasteiger partial charge in [0, 0.05) is 12.1 Å². The fraction of sp³-hybridized carbons (Fsp3) is 0.429. The standard InChI is InChI=1S/C14H18N2O3/c1-2-12(14(18)19)16-13(17)11-5-3-4-9-8-15-7-6-10(9)11/h3-5,12,15H,2,6-8H2,1H3,(H,16,17)(H,18,19)/t12-/m1/s1. The Labute approximate surface area is 112 Å². The zero-order valence-corrected chi connectivity index (χ0v) is 10.9. The van der Waals surface area contributed by atoms with Crippen molar-refractivity contribution >= 4 is 11.9 Å². The predicted molar refractivity (Wildman–Crippen MR) is 71.0 cm³/mol. The lowest BCUT2D eigenvalue weighted by atomic mass is 9.95. The summed E-state index contributed by atoms with van der Waals surface area (Å²) in [5.41, 5.74) is 2.74. The number of benzene rings is 1. The first-order chi connectivity index (χ1) is 9.13. The van der Waals surface area contributed by atoms with Crippen LogP contribution in [0, 0.1) is 0 Å². The van der Waals surface area contributed by atoms with Crippen molar-refractivity contribution in [3.63, 3.8) is 0 Å². The number of carboxylic acids is 1. The van der Waals surface area contributed by atoms with Gasteiger partial charge < -0.3 is 15.7 Å². The molecule has 0 aromatic heterocycles. The molecule has 1 aliphatic heterocycles. The van der Waals surface area contributed by atoms with Gasteiger partial charge in [-0.3, -0.25) is 4.79 Å². The molecular weight excluding hydrogens is 244 g/mol. The van der Waals surface area contributed by atoms with Crippen LogP contribution < -0.4 is 10.6 Å². The van der Waals surface area contributed by atoms with Crippen LogP contribution in [0.15, 0.2) is 18.2 Å². The number of fused-ring (bicyclic) bond motifs is 1. The normalized spacial score (nSPS) is 15.4. The molecular formula is C14H18N2O3. The van der Waals surface area contributed by atoms with Gasteiger partial charge in [0.1, 0.15) is 6.04 Å². The minimum Gasteiger partial charge on any atom is -0.480 e. The van der Waals surface area contributed by atoms with Gasteiger partial charge in [-0.15, -0.1) is 0 Å². The largest absolute Gasteiger partial charge is 0.480 e. The number of carbonyl (C=O) groups excluding carboxylic acids is 1. The van der Waals surface area contributed by atoms with Gasteiger partial charge in [-0.1, -0.05) is 19.1 Å². The predicted octanol–water partition coefficient (Wildman–Crippen LogP) is 0.925. The van der Waals surface area contributed by atoms with Gasteiger partial charge in [0.15, 0.2) is 0 Å². The molecule has 1 atom stereocenters. The molecule has 19 heavy (non-hydrogen) atoms. The molecule has 1 heterocycles. The number of carboxylic acid groups (broad SMARTS) is 1. The van der Waals surface area contributed by atoms with E-state index in [9.17, 15) is 9.59 Å². The van der Waals surface area contributed by atoms with Crippen molar-refractivity contribution in [1.29, 1.82) is 0 Å². The molecule has 0 spiro atoms. The Bertz CT molecular complexity index is 499. The Morgan fingerprint density at radius 3 is 2.95 bits per heavy atom. The van der Waals surface area contributed by atoms with Gasteiger partial charge in [0.2, 0.25) is 0 Å². The first-order valence-corrected chi connectivity index (χ1v) is 6.48. The number of hydrogen-bond acceptors (Lipinski definition) is 3. The quantitative estimate of drug-likeness (QED) is 0.754. The molecule has 0 fully saturated rings. The second kappa shape index (κ2) is 5.84. The van der Waals surface area contributed by atoms with Crippen molar-refractivity contribution in [2.45, 2.75) is 32.4 Å². The van der Waals surface area contributed by atoms with Crippen molar-refractivity contribution < 1.29 is 14.7 Å². The third kappa shape index (κ3) is 2.93. The highest BCUT2D eigenvalue weighted by molar-refractivity contribution is 5.98. The zero-order chi connectivity index (χ0) is 13.8. The second-order valence-corrected chi connectivity index (χ2v) is 4.64. The van der Waals surface area contributed by atoms with E-state index in [2.05, 4.69) is 10.6 Å². The maximum absolute atomic E-state index is 12.2. The summed E-state index contributed by atoms with van der Waals surface area (Å²) in [6.45, 7) is 3.34. The molecule has 1 aliphatic rings. The summed E-state index contributed by atoms with van der Waals surface area (Å²) in [5, 5.41) is 14.8. The molecule has 0 saturated carbocycles. The van der Waals surface area contributed by atoms with Gasteiger partial charge in [0.25, 0.3) is 5.91 Å². The highest BCUT2D eigenvalue weighted by Gasteiger charge is 2.22. The maximum atomic E-state index is 12.2. The van der Waals surface area contributed by atoms with E-state index in [1.54, 1.807) is 13.0 Å². The first-order valence-electron chi connectivity index (χ1n) is 6.48. The molecule has 0 radical (unpaired) electrons. The first kappa shape index (κ1) is 13.5. The van der Waals surface area contributed by atoms with Crippen molar-refractivity contribution in [1.82, 2.24) is 10.6 Å². The van der Waals surface area contributed by atoms with Crippen LogP contribution in [0.1, 0.15) is 34.8 Å². The topological polar surface area (TPSA) is 78.4 Å². The summed E-state index contributed by atoms with van der Waals surface area (Å²) in [7, 11) is 0. The van der Waals surface area contributed by atoms with Crippen LogP contribution in [0.25, 0.3) is 0 Å². The summed E-state index contributed by atoms with van der Waals surface area (Å²) >= 11 is 0. The van der Waals surface area contributed by atoms with Crippen LogP contribution in [0.4, 0.5) is 0 Å². The number of carbonyl (C=O) groups is 2. The van der Waals surface area contributed by atoms with E-state index < -0.39 is 12.0 Å². The van der Waals surface area contributed by atoms with Gasteiger partial charge >= 0.3 is 5.97 Å². The molecule has 3 N–H and O–H groups in total. The monoisotopic (exact) mass is 262 g/mol. The maximum Gasteiger partial charge on any atom is 0.326 e. The molecule has 1 aromatic carbocycles. The molecule has 5 heteroatoms. The Kier molecular flexibility index (Phi) is 4.16. The summed E-state index contributed by atoms with van der Waals surface area (Å²) in [6, 6.07) is 4.76. The van der Waals surface area contributed by atoms with E-state index in [1.807, 2.05) is 12.1 Å². The molecule has 5 nitrogen and oxygen atoms in total. The number of hydrogen-bond donors (Lipinski definition) is 3. The molecule has 0 aliphatic carbocycles. The number of nitrogens with one attached hydrogen (secondary N) is 2. The molecule has 1 aromatic rings. The van der Waals surface area contributed by atoms with Crippen LogP contribution in [0.3, 0.4) is 0 Å². The molecule has 102 valence electrons. The minimum absolute atomic E-state index is 0.298. The lowest BCUT2D eigenvalue weighted by Gasteiger charge is -2.21. The summed E-state index contributed by atoms with van der Waals surface area (Å²) in [4.78, 5) is 23.2. The Morgan fingerprint density at radius 2 is 2.26 bits per heavy atom. The highest BCUT2D eigenvalue weighted by Crippen LogP contribution is 2.18. The Hall–Kier alpha value is -1.88. The van der Waals surface area contributed by atoms with Crippen molar-refractivity contribution in [2.24, 2.45) is 0 Å². The zero-order valence-electron chi connectivity index (χ0n) is 10.9. The SMILES string of the molecule is CC[C@@H](NC(=O)c1cccc2c1CCNC2)C(=O)O. The van der Waals surface area contributed by atoms with Crippen molar-refractivity contribution in [3.05, 3.63) is 34.9 Å². The second-order valence-electron chi connectivity index (χ2n) is 4.64. The molecule has 2 rings (SSSR count). The number of aliphatic carboxylic acids is 1. The Balaban J connectivity index is 2.22. The van der Waals surface area contributed by atoms with E-state index in [0.29, 0.717) is 12.0 Å². The fourth-order valence-corrected chi connectivity index (χ4v) is 2.32. The van der Waals surface area contributed by atoms with Crippen LogP contribution in [-0.2, 0) is 17.8 Å². The third-order valence-electron chi connectivity index (χ3n) is 3.40.